The Labute approximate surface area is 148 Å². The normalized spacial score (nSPS) is 11.4. The number of carbonyl (C=O) groups is 1. The van der Waals surface area contributed by atoms with Gasteiger partial charge in [0.15, 0.2) is 5.78 Å². The fraction of sp³-hybridized carbons (Fsp3) is 0.286. The first-order valence-corrected chi connectivity index (χ1v) is 8.33. The van der Waals surface area contributed by atoms with Gasteiger partial charge in [0, 0.05) is 17.2 Å². The molecule has 2 aromatic carbocycles. The van der Waals surface area contributed by atoms with Crippen molar-refractivity contribution in [3.63, 3.8) is 0 Å². The van der Waals surface area contributed by atoms with Crippen molar-refractivity contribution < 1.29 is 19.7 Å². The van der Waals surface area contributed by atoms with Crippen molar-refractivity contribution in [3.8, 4) is 17.2 Å². The smallest absolute Gasteiger partial charge is 0.185 e. The average Bonchev–Trinajstić information content (AvgIpc) is 2.53. The van der Waals surface area contributed by atoms with E-state index in [1.165, 1.54) is 18.2 Å². The highest BCUT2D eigenvalue weighted by Gasteiger charge is 2.13. The summed E-state index contributed by atoms with van der Waals surface area (Å²) in [4.78, 5) is 12.3. The molecule has 132 valence electrons. The highest BCUT2D eigenvalue weighted by atomic mass is 16.5. The van der Waals surface area contributed by atoms with Gasteiger partial charge in [-0.05, 0) is 67.8 Å². The molecule has 2 rings (SSSR count). The minimum absolute atomic E-state index is 0.0516. The summed E-state index contributed by atoms with van der Waals surface area (Å²) in [6, 6.07) is 9.55. The molecule has 4 nitrogen and oxygen atoms in total. The predicted molar refractivity (Wildman–Crippen MR) is 99.4 cm³/mol. The number of phenolic OH excluding ortho intramolecular Hbond substituents is 2. The molecule has 0 aliphatic carbocycles. The van der Waals surface area contributed by atoms with Gasteiger partial charge in [0.2, 0.25) is 0 Å². The molecule has 2 aromatic rings. The van der Waals surface area contributed by atoms with Crippen molar-refractivity contribution in [1.82, 2.24) is 0 Å². The average molecular weight is 340 g/mol. The number of phenols is 2. The van der Waals surface area contributed by atoms with E-state index in [2.05, 4.69) is 0 Å². The lowest BCUT2D eigenvalue weighted by Crippen LogP contribution is -2.07. The van der Waals surface area contributed by atoms with E-state index in [0.29, 0.717) is 11.3 Å². The van der Waals surface area contributed by atoms with Gasteiger partial charge in [-0.15, -0.1) is 0 Å². The van der Waals surface area contributed by atoms with Crippen LogP contribution in [0.25, 0.3) is 6.08 Å². The number of benzene rings is 2. The van der Waals surface area contributed by atoms with Crippen molar-refractivity contribution >= 4 is 11.9 Å². The molecule has 0 spiro atoms. The molecule has 0 aromatic heterocycles. The molecule has 0 saturated carbocycles. The minimum Gasteiger partial charge on any atom is -0.508 e. The zero-order valence-corrected chi connectivity index (χ0v) is 15.0. The van der Waals surface area contributed by atoms with Gasteiger partial charge in [0.25, 0.3) is 0 Å². The molecule has 0 unspecified atom stereocenters. The number of allylic oxidation sites excluding steroid dienone is 1. The Hall–Kier alpha value is -2.75. The van der Waals surface area contributed by atoms with Gasteiger partial charge in [-0.2, -0.15) is 0 Å². The summed E-state index contributed by atoms with van der Waals surface area (Å²) in [7, 11) is 0. The van der Waals surface area contributed by atoms with E-state index >= 15 is 0 Å². The summed E-state index contributed by atoms with van der Waals surface area (Å²) in [6.45, 7) is 7.80. The SMILES string of the molecule is CC(C)Oc1cc(O)c(C(C)C)cc1C=CC(=O)c1ccc(O)cc1. The fourth-order valence-electron chi connectivity index (χ4n) is 2.44. The van der Waals surface area contributed by atoms with Crippen molar-refractivity contribution in [2.45, 2.75) is 39.7 Å². The maximum absolute atomic E-state index is 12.3. The Bertz CT molecular complexity index is 771. The lowest BCUT2D eigenvalue weighted by molar-refractivity contribution is 0.104. The Kier molecular flexibility index (Phi) is 5.86. The minimum atomic E-state index is -0.172. The first-order valence-electron chi connectivity index (χ1n) is 8.33. The Morgan fingerprint density at radius 1 is 1.04 bits per heavy atom. The van der Waals surface area contributed by atoms with E-state index in [1.807, 2.05) is 33.8 Å². The third-order valence-corrected chi connectivity index (χ3v) is 3.71. The summed E-state index contributed by atoms with van der Waals surface area (Å²) in [5.41, 5.74) is 2.03. The van der Waals surface area contributed by atoms with Crippen LogP contribution in [0.5, 0.6) is 17.2 Å². The van der Waals surface area contributed by atoms with Gasteiger partial charge in [0.1, 0.15) is 17.2 Å². The molecule has 25 heavy (non-hydrogen) atoms. The third kappa shape index (κ3) is 4.86. The number of aromatic hydroxyl groups is 2. The molecule has 2 N–H and O–H groups in total. The molecule has 0 heterocycles. The predicted octanol–water partition coefficient (Wildman–Crippen LogP) is 4.90. The van der Waals surface area contributed by atoms with Gasteiger partial charge in [-0.3, -0.25) is 4.79 Å². The Morgan fingerprint density at radius 3 is 2.24 bits per heavy atom. The van der Waals surface area contributed by atoms with E-state index in [0.717, 1.165) is 11.1 Å². The van der Waals surface area contributed by atoms with Crippen LogP contribution in [0.3, 0.4) is 0 Å². The third-order valence-electron chi connectivity index (χ3n) is 3.71. The number of rotatable bonds is 6. The molecular weight excluding hydrogens is 316 g/mol. The van der Waals surface area contributed by atoms with E-state index in [-0.39, 0.29) is 29.3 Å². The van der Waals surface area contributed by atoms with Crippen LogP contribution in [0.2, 0.25) is 0 Å². The number of carbonyl (C=O) groups excluding carboxylic acids is 1. The topological polar surface area (TPSA) is 66.8 Å². The van der Waals surface area contributed by atoms with Crippen LogP contribution in [0.4, 0.5) is 0 Å². The van der Waals surface area contributed by atoms with Crippen LogP contribution in [-0.4, -0.2) is 22.1 Å². The van der Waals surface area contributed by atoms with Crippen molar-refractivity contribution in [2.24, 2.45) is 0 Å². The summed E-state index contributed by atoms with van der Waals surface area (Å²) in [6.07, 6.45) is 3.11. The molecule has 0 bridgehead atoms. The molecule has 0 radical (unpaired) electrons. The molecule has 0 aliphatic rings. The van der Waals surface area contributed by atoms with Gasteiger partial charge in [0.05, 0.1) is 6.10 Å². The van der Waals surface area contributed by atoms with Crippen molar-refractivity contribution in [3.05, 3.63) is 59.2 Å². The molecule has 0 saturated heterocycles. The van der Waals surface area contributed by atoms with Crippen LogP contribution < -0.4 is 4.74 Å². The maximum atomic E-state index is 12.3. The van der Waals surface area contributed by atoms with Gasteiger partial charge >= 0.3 is 0 Å². The molecule has 0 amide bonds. The largest absolute Gasteiger partial charge is 0.508 e. The zero-order valence-electron chi connectivity index (χ0n) is 15.0. The van der Waals surface area contributed by atoms with Gasteiger partial charge in [-0.25, -0.2) is 0 Å². The second kappa shape index (κ2) is 7.88. The van der Waals surface area contributed by atoms with Crippen LogP contribution >= 0.6 is 0 Å². The number of ether oxygens (including phenoxy) is 1. The van der Waals surface area contributed by atoms with Gasteiger partial charge < -0.3 is 14.9 Å². The van der Waals surface area contributed by atoms with E-state index < -0.39 is 0 Å². The first-order chi connectivity index (χ1) is 11.8. The lowest BCUT2D eigenvalue weighted by Gasteiger charge is -2.16. The first kappa shape index (κ1) is 18.6. The fourth-order valence-corrected chi connectivity index (χ4v) is 2.44. The molecular formula is C21H24O4. The highest BCUT2D eigenvalue weighted by molar-refractivity contribution is 6.07. The maximum Gasteiger partial charge on any atom is 0.185 e. The summed E-state index contributed by atoms with van der Waals surface area (Å²) >= 11 is 0. The molecule has 0 aliphatic heterocycles. The zero-order chi connectivity index (χ0) is 18.6. The van der Waals surface area contributed by atoms with Crippen LogP contribution in [0, 0.1) is 0 Å². The Morgan fingerprint density at radius 2 is 1.68 bits per heavy atom. The van der Waals surface area contributed by atoms with Crippen LogP contribution in [-0.2, 0) is 0 Å². The van der Waals surface area contributed by atoms with E-state index in [4.69, 9.17) is 4.74 Å². The summed E-state index contributed by atoms with van der Waals surface area (Å²) in [5.74, 6) is 0.815. The second-order valence-electron chi connectivity index (χ2n) is 6.51. The number of ketones is 1. The van der Waals surface area contributed by atoms with Crippen molar-refractivity contribution in [1.29, 1.82) is 0 Å². The van der Waals surface area contributed by atoms with Crippen LogP contribution in [0.1, 0.15) is 55.1 Å². The summed E-state index contributed by atoms with van der Waals surface area (Å²) in [5, 5.41) is 19.5. The van der Waals surface area contributed by atoms with Crippen LogP contribution in [0.15, 0.2) is 42.5 Å². The van der Waals surface area contributed by atoms with Gasteiger partial charge in [-0.1, -0.05) is 13.8 Å². The van der Waals surface area contributed by atoms with Crippen molar-refractivity contribution in [2.75, 3.05) is 0 Å². The second-order valence-corrected chi connectivity index (χ2v) is 6.51. The number of hydrogen-bond donors (Lipinski definition) is 2. The molecule has 0 fully saturated rings. The lowest BCUT2D eigenvalue weighted by atomic mass is 9.98. The Balaban J connectivity index is 2.36. The van der Waals surface area contributed by atoms with E-state index in [9.17, 15) is 15.0 Å². The quantitative estimate of drug-likeness (QED) is 0.579. The van der Waals surface area contributed by atoms with E-state index in [1.54, 1.807) is 24.3 Å². The highest BCUT2D eigenvalue weighted by Crippen LogP contribution is 2.34. The molecule has 0 atom stereocenters. The number of hydrogen-bond acceptors (Lipinski definition) is 4. The summed E-state index contributed by atoms with van der Waals surface area (Å²) < 4.78 is 5.76. The monoisotopic (exact) mass is 340 g/mol. The molecule has 4 heteroatoms. The standard InChI is InChI=1S/C21H24O4/c1-13(2)18-11-16(21(12-20(18)24)25-14(3)4)7-10-19(23)15-5-8-17(22)9-6-15/h5-14,22,24H,1-4H3.